The second-order valence-electron chi connectivity index (χ2n) is 3.38. The SMILES string of the molecule is CCNC(=O)[C@@H]1C[C@@H](C)CCO1. The highest BCUT2D eigenvalue weighted by atomic mass is 16.5. The number of amides is 1. The van der Waals surface area contributed by atoms with Gasteiger partial charge in [-0.15, -0.1) is 0 Å². The van der Waals surface area contributed by atoms with E-state index in [2.05, 4.69) is 12.2 Å². The van der Waals surface area contributed by atoms with Gasteiger partial charge in [0.05, 0.1) is 0 Å². The quantitative estimate of drug-likeness (QED) is 0.671. The van der Waals surface area contributed by atoms with E-state index in [9.17, 15) is 4.79 Å². The van der Waals surface area contributed by atoms with Crippen LogP contribution in [0.4, 0.5) is 0 Å². The molecule has 0 aromatic carbocycles. The van der Waals surface area contributed by atoms with Crippen molar-refractivity contribution < 1.29 is 9.53 Å². The number of hydrogen-bond acceptors (Lipinski definition) is 2. The maximum absolute atomic E-state index is 11.3. The maximum atomic E-state index is 11.3. The fraction of sp³-hybridized carbons (Fsp3) is 0.889. The molecule has 1 aliphatic rings. The van der Waals surface area contributed by atoms with Crippen LogP contribution in [0.5, 0.6) is 0 Å². The van der Waals surface area contributed by atoms with Crippen molar-refractivity contribution in [1.29, 1.82) is 0 Å². The highest BCUT2D eigenvalue weighted by Crippen LogP contribution is 2.19. The Balaban J connectivity index is 2.35. The van der Waals surface area contributed by atoms with Gasteiger partial charge in [0.25, 0.3) is 0 Å². The van der Waals surface area contributed by atoms with Gasteiger partial charge in [-0.25, -0.2) is 0 Å². The number of carbonyl (C=O) groups excluding carboxylic acids is 1. The van der Waals surface area contributed by atoms with Crippen LogP contribution in [-0.4, -0.2) is 25.2 Å². The highest BCUT2D eigenvalue weighted by molar-refractivity contribution is 5.80. The molecule has 1 fully saturated rings. The molecule has 1 heterocycles. The zero-order valence-corrected chi connectivity index (χ0v) is 7.80. The Morgan fingerprint density at radius 1 is 1.67 bits per heavy atom. The van der Waals surface area contributed by atoms with Crippen LogP contribution in [0.15, 0.2) is 0 Å². The molecule has 3 nitrogen and oxygen atoms in total. The van der Waals surface area contributed by atoms with Gasteiger partial charge in [0.15, 0.2) is 0 Å². The van der Waals surface area contributed by atoms with Crippen LogP contribution in [0, 0.1) is 5.92 Å². The van der Waals surface area contributed by atoms with Crippen LogP contribution < -0.4 is 5.32 Å². The fourth-order valence-electron chi connectivity index (χ4n) is 1.43. The Bertz CT molecular complexity index is 159. The van der Waals surface area contributed by atoms with Crippen molar-refractivity contribution >= 4 is 5.91 Å². The van der Waals surface area contributed by atoms with E-state index in [1.54, 1.807) is 0 Å². The van der Waals surface area contributed by atoms with E-state index in [-0.39, 0.29) is 12.0 Å². The number of ether oxygens (including phenoxy) is 1. The van der Waals surface area contributed by atoms with Crippen LogP contribution in [0.1, 0.15) is 26.7 Å². The lowest BCUT2D eigenvalue weighted by Gasteiger charge is -2.26. The van der Waals surface area contributed by atoms with Crippen LogP contribution >= 0.6 is 0 Å². The summed E-state index contributed by atoms with van der Waals surface area (Å²) in [6, 6.07) is 0. The minimum atomic E-state index is -0.200. The smallest absolute Gasteiger partial charge is 0.249 e. The Labute approximate surface area is 73.5 Å². The molecule has 1 rings (SSSR count). The molecule has 2 atom stereocenters. The minimum absolute atomic E-state index is 0.0454. The van der Waals surface area contributed by atoms with E-state index in [0.29, 0.717) is 12.5 Å². The van der Waals surface area contributed by atoms with E-state index in [1.807, 2.05) is 6.92 Å². The molecule has 1 saturated heterocycles. The Morgan fingerprint density at radius 3 is 3.00 bits per heavy atom. The summed E-state index contributed by atoms with van der Waals surface area (Å²) < 4.78 is 5.35. The molecule has 0 bridgehead atoms. The van der Waals surface area contributed by atoms with Gasteiger partial charge in [0.2, 0.25) is 5.91 Å². The van der Waals surface area contributed by atoms with Crippen molar-refractivity contribution in [3.63, 3.8) is 0 Å². The Morgan fingerprint density at radius 2 is 2.42 bits per heavy atom. The van der Waals surface area contributed by atoms with Gasteiger partial charge in [0, 0.05) is 13.2 Å². The summed E-state index contributed by atoms with van der Waals surface area (Å²) in [4.78, 5) is 11.3. The first-order valence-electron chi connectivity index (χ1n) is 4.63. The standard InChI is InChI=1S/C9H17NO2/c1-3-10-9(11)8-6-7(2)4-5-12-8/h7-8H,3-6H2,1-2H3,(H,10,11)/t7-,8-/m0/s1. The lowest BCUT2D eigenvalue weighted by molar-refractivity contribution is -0.136. The van der Waals surface area contributed by atoms with Crippen molar-refractivity contribution in [3.05, 3.63) is 0 Å². The van der Waals surface area contributed by atoms with E-state index in [1.165, 1.54) is 0 Å². The van der Waals surface area contributed by atoms with Crippen LogP contribution in [-0.2, 0) is 9.53 Å². The fourth-order valence-corrected chi connectivity index (χ4v) is 1.43. The van der Waals surface area contributed by atoms with Gasteiger partial charge in [-0.1, -0.05) is 6.92 Å². The van der Waals surface area contributed by atoms with Gasteiger partial charge >= 0.3 is 0 Å². The minimum Gasteiger partial charge on any atom is -0.368 e. The second-order valence-corrected chi connectivity index (χ2v) is 3.38. The molecular formula is C9H17NO2. The predicted octanol–water partition coefficient (Wildman–Crippen LogP) is 0.938. The van der Waals surface area contributed by atoms with Gasteiger partial charge in [-0.2, -0.15) is 0 Å². The molecule has 0 aliphatic carbocycles. The summed E-state index contributed by atoms with van der Waals surface area (Å²) in [5.41, 5.74) is 0. The molecule has 0 saturated carbocycles. The van der Waals surface area contributed by atoms with Crippen LogP contribution in [0.3, 0.4) is 0 Å². The van der Waals surface area contributed by atoms with Gasteiger partial charge in [0.1, 0.15) is 6.10 Å². The molecular weight excluding hydrogens is 154 g/mol. The number of carbonyl (C=O) groups is 1. The first-order chi connectivity index (χ1) is 5.74. The largest absolute Gasteiger partial charge is 0.368 e. The van der Waals surface area contributed by atoms with Crippen LogP contribution in [0.25, 0.3) is 0 Å². The number of nitrogens with one attached hydrogen (secondary N) is 1. The molecule has 3 heteroatoms. The molecule has 0 spiro atoms. The maximum Gasteiger partial charge on any atom is 0.249 e. The van der Waals surface area contributed by atoms with Gasteiger partial charge < -0.3 is 10.1 Å². The molecule has 0 aromatic rings. The molecule has 0 radical (unpaired) electrons. The molecule has 70 valence electrons. The number of likely N-dealkylation sites (N-methyl/N-ethyl adjacent to an activating group) is 1. The van der Waals surface area contributed by atoms with Crippen molar-refractivity contribution in [2.75, 3.05) is 13.2 Å². The summed E-state index contributed by atoms with van der Waals surface area (Å²) in [5.74, 6) is 0.662. The molecule has 1 N–H and O–H groups in total. The molecule has 1 aliphatic heterocycles. The zero-order chi connectivity index (χ0) is 8.97. The van der Waals surface area contributed by atoms with Crippen LogP contribution in [0.2, 0.25) is 0 Å². The third-order valence-corrected chi connectivity index (χ3v) is 2.19. The third kappa shape index (κ3) is 2.48. The topological polar surface area (TPSA) is 38.3 Å². The van der Waals surface area contributed by atoms with E-state index < -0.39 is 0 Å². The zero-order valence-electron chi connectivity index (χ0n) is 7.80. The predicted molar refractivity (Wildman–Crippen MR) is 46.8 cm³/mol. The molecule has 0 unspecified atom stereocenters. The van der Waals surface area contributed by atoms with E-state index in [0.717, 1.165) is 19.4 Å². The van der Waals surface area contributed by atoms with Crippen molar-refractivity contribution in [2.45, 2.75) is 32.8 Å². The Kier molecular flexibility index (Phi) is 3.53. The summed E-state index contributed by atoms with van der Waals surface area (Å²) in [6.07, 6.45) is 1.75. The van der Waals surface area contributed by atoms with Crippen molar-refractivity contribution in [1.82, 2.24) is 5.32 Å². The molecule has 12 heavy (non-hydrogen) atoms. The average Bonchev–Trinajstić information content (AvgIpc) is 2.05. The lowest BCUT2D eigenvalue weighted by Crippen LogP contribution is -2.39. The summed E-state index contributed by atoms with van der Waals surface area (Å²) in [7, 11) is 0. The normalized spacial score (nSPS) is 29.8. The summed E-state index contributed by atoms with van der Waals surface area (Å²) in [5, 5.41) is 2.77. The van der Waals surface area contributed by atoms with Crippen molar-refractivity contribution in [2.24, 2.45) is 5.92 Å². The molecule has 0 aromatic heterocycles. The van der Waals surface area contributed by atoms with Crippen molar-refractivity contribution in [3.8, 4) is 0 Å². The van der Waals surface area contributed by atoms with Gasteiger partial charge in [-0.3, -0.25) is 4.79 Å². The Hall–Kier alpha value is -0.570. The summed E-state index contributed by atoms with van der Waals surface area (Å²) >= 11 is 0. The average molecular weight is 171 g/mol. The van der Waals surface area contributed by atoms with E-state index in [4.69, 9.17) is 4.74 Å². The number of rotatable bonds is 2. The second kappa shape index (κ2) is 4.45. The monoisotopic (exact) mass is 171 g/mol. The van der Waals surface area contributed by atoms with Gasteiger partial charge in [-0.05, 0) is 25.7 Å². The lowest BCUT2D eigenvalue weighted by atomic mass is 9.97. The number of hydrogen-bond donors (Lipinski definition) is 1. The first kappa shape index (κ1) is 9.52. The third-order valence-electron chi connectivity index (χ3n) is 2.19. The van der Waals surface area contributed by atoms with E-state index >= 15 is 0 Å². The molecule has 1 amide bonds. The summed E-state index contributed by atoms with van der Waals surface area (Å²) in [6.45, 7) is 5.49. The first-order valence-corrected chi connectivity index (χ1v) is 4.63. The highest BCUT2D eigenvalue weighted by Gasteiger charge is 2.24.